The molecule has 0 spiro atoms. The SMILES string of the molecule is CCCC(NC(=O)C1=CCCCO1)C(=O)OC. The van der Waals surface area contributed by atoms with E-state index in [1.807, 2.05) is 6.92 Å². The molecular formula is C12H19NO4. The van der Waals surface area contributed by atoms with Gasteiger partial charge in [0.15, 0.2) is 5.76 Å². The lowest BCUT2D eigenvalue weighted by atomic mass is 10.1. The molecule has 0 aromatic heterocycles. The van der Waals surface area contributed by atoms with Crippen LogP contribution in [0.1, 0.15) is 32.6 Å². The number of carbonyl (C=O) groups excluding carboxylic acids is 2. The van der Waals surface area contributed by atoms with Gasteiger partial charge in [-0.1, -0.05) is 13.3 Å². The fourth-order valence-electron chi connectivity index (χ4n) is 1.63. The van der Waals surface area contributed by atoms with E-state index in [-0.39, 0.29) is 5.91 Å². The van der Waals surface area contributed by atoms with Crippen LogP contribution in [0.15, 0.2) is 11.8 Å². The summed E-state index contributed by atoms with van der Waals surface area (Å²) in [5.41, 5.74) is 0. The molecule has 5 nitrogen and oxygen atoms in total. The molecule has 1 amide bonds. The lowest BCUT2D eigenvalue weighted by Crippen LogP contribution is -2.42. The lowest BCUT2D eigenvalue weighted by Gasteiger charge is -2.18. The summed E-state index contributed by atoms with van der Waals surface area (Å²) in [6, 6.07) is -0.594. The van der Waals surface area contributed by atoms with Crippen LogP contribution in [-0.2, 0) is 19.1 Å². The molecule has 17 heavy (non-hydrogen) atoms. The first-order valence-electron chi connectivity index (χ1n) is 5.90. The molecule has 0 saturated heterocycles. The van der Waals surface area contributed by atoms with Crippen LogP contribution in [-0.4, -0.2) is 31.6 Å². The van der Waals surface area contributed by atoms with E-state index in [1.165, 1.54) is 7.11 Å². The van der Waals surface area contributed by atoms with Crippen LogP contribution in [0.3, 0.4) is 0 Å². The Labute approximate surface area is 101 Å². The molecular weight excluding hydrogens is 222 g/mol. The molecule has 1 aliphatic heterocycles. The Morgan fingerprint density at radius 2 is 2.35 bits per heavy atom. The van der Waals surface area contributed by atoms with Crippen molar-refractivity contribution in [1.82, 2.24) is 5.32 Å². The minimum absolute atomic E-state index is 0.307. The minimum Gasteiger partial charge on any atom is -0.488 e. The summed E-state index contributed by atoms with van der Waals surface area (Å²) in [6.07, 6.45) is 4.86. The summed E-state index contributed by atoms with van der Waals surface area (Å²) in [4.78, 5) is 23.2. The van der Waals surface area contributed by atoms with Gasteiger partial charge in [0.1, 0.15) is 6.04 Å². The summed E-state index contributed by atoms with van der Waals surface area (Å²) in [5, 5.41) is 2.63. The predicted octanol–water partition coefficient (Wildman–Crippen LogP) is 1.14. The van der Waals surface area contributed by atoms with Crippen molar-refractivity contribution >= 4 is 11.9 Å². The van der Waals surface area contributed by atoms with Gasteiger partial charge in [0.25, 0.3) is 5.91 Å². The molecule has 1 heterocycles. The van der Waals surface area contributed by atoms with Crippen LogP contribution in [0.4, 0.5) is 0 Å². The van der Waals surface area contributed by atoms with Gasteiger partial charge in [0, 0.05) is 0 Å². The molecule has 96 valence electrons. The van der Waals surface area contributed by atoms with Gasteiger partial charge < -0.3 is 14.8 Å². The molecule has 5 heteroatoms. The number of methoxy groups -OCH3 is 1. The van der Waals surface area contributed by atoms with E-state index >= 15 is 0 Å². The van der Waals surface area contributed by atoms with Crippen LogP contribution in [0.25, 0.3) is 0 Å². The first-order valence-corrected chi connectivity index (χ1v) is 5.90. The third kappa shape index (κ3) is 4.09. The van der Waals surface area contributed by atoms with Gasteiger partial charge in [-0.2, -0.15) is 0 Å². The molecule has 1 atom stereocenters. The zero-order chi connectivity index (χ0) is 12.7. The van der Waals surface area contributed by atoms with Crippen molar-refractivity contribution < 1.29 is 19.1 Å². The summed E-state index contributed by atoms with van der Waals surface area (Å²) in [5.74, 6) is -0.452. The summed E-state index contributed by atoms with van der Waals surface area (Å²) in [7, 11) is 1.31. The van der Waals surface area contributed by atoms with Gasteiger partial charge in [-0.15, -0.1) is 0 Å². The van der Waals surface area contributed by atoms with E-state index in [2.05, 4.69) is 10.1 Å². The van der Waals surface area contributed by atoms with E-state index < -0.39 is 12.0 Å². The number of allylic oxidation sites excluding steroid dienone is 1. The van der Waals surface area contributed by atoms with Gasteiger partial charge in [-0.3, -0.25) is 4.79 Å². The number of hydrogen-bond acceptors (Lipinski definition) is 4. The first kappa shape index (κ1) is 13.5. The van der Waals surface area contributed by atoms with Crippen molar-refractivity contribution in [2.75, 3.05) is 13.7 Å². The Bertz CT molecular complexity index is 312. The van der Waals surface area contributed by atoms with Crippen molar-refractivity contribution in [2.24, 2.45) is 0 Å². The van der Waals surface area contributed by atoms with Crippen LogP contribution in [0.5, 0.6) is 0 Å². The third-order valence-corrected chi connectivity index (χ3v) is 2.53. The molecule has 0 saturated carbocycles. The summed E-state index contributed by atoms with van der Waals surface area (Å²) >= 11 is 0. The largest absolute Gasteiger partial charge is 0.488 e. The van der Waals surface area contributed by atoms with Gasteiger partial charge in [0.2, 0.25) is 0 Å². The molecule has 1 aliphatic rings. The first-order chi connectivity index (χ1) is 8.19. The molecule has 0 fully saturated rings. The fourth-order valence-corrected chi connectivity index (χ4v) is 1.63. The molecule has 0 aromatic carbocycles. The lowest BCUT2D eigenvalue weighted by molar-refractivity contribution is -0.145. The quantitative estimate of drug-likeness (QED) is 0.733. The summed E-state index contributed by atoms with van der Waals surface area (Å²) in [6.45, 7) is 2.49. The number of carbonyl (C=O) groups is 2. The second-order valence-corrected chi connectivity index (χ2v) is 3.90. The van der Waals surface area contributed by atoms with Crippen molar-refractivity contribution in [2.45, 2.75) is 38.6 Å². The minimum atomic E-state index is -0.594. The number of esters is 1. The van der Waals surface area contributed by atoms with Crippen molar-refractivity contribution in [1.29, 1.82) is 0 Å². The van der Waals surface area contributed by atoms with E-state index in [0.717, 1.165) is 19.3 Å². The van der Waals surface area contributed by atoms with E-state index in [4.69, 9.17) is 4.74 Å². The number of hydrogen-bond donors (Lipinski definition) is 1. The second-order valence-electron chi connectivity index (χ2n) is 3.90. The number of rotatable bonds is 5. The smallest absolute Gasteiger partial charge is 0.328 e. The molecule has 1 unspecified atom stereocenters. The Hall–Kier alpha value is -1.52. The van der Waals surface area contributed by atoms with Crippen molar-refractivity contribution in [3.05, 3.63) is 11.8 Å². The van der Waals surface area contributed by atoms with Crippen LogP contribution >= 0.6 is 0 Å². The molecule has 0 bridgehead atoms. The maximum atomic E-state index is 11.8. The topological polar surface area (TPSA) is 64.6 Å². The van der Waals surface area contributed by atoms with Gasteiger partial charge in [0.05, 0.1) is 13.7 Å². The van der Waals surface area contributed by atoms with Gasteiger partial charge in [-0.05, 0) is 25.3 Å². The molecule has 0 aliphatic carbocycles. The predicted molar refractivity (Wildman–Crippen MR) is 62.1 cm³/mol. The van der Waals surface area contributed by atoms with Gasteiger partial charge >= 0.3 is 5.97 Å². The average molecular weight is 241 g/mol. The monoisotopic (exact) mass is 241 g/mol. The highest BCUT2D eigenvalue weighted by atomic mass is 16.5. The average Bonchev–Trinajstić information content (AvgIpc) is 2.38. The van der Waals surface area contributed by atoms with E-state index in [1.54, 1.807) is 6.08 Å². The zero-order valence-electron chi connectivity index (χ0n) is 10.3. The second kappa shape index (κ2) is 6.93. The number of nitrogens with one attached hydrogen (secondary N) is 1. The van der Waals surface area contributed by atoms with E-state index in [0.29, 0.717) is 18.8 Å². The normalized spacial score (nSPS) is 16.5. The third-order valence-electron chi connectivity index (χ3n) is 2.53. The standard InChI is InChI=1S/C12H19NO4/c1-3-6-9(12(15)16-2)13-11(14)10-7-4-5-8-17-10/h7,9H,3-6,8H2,1-2H3,(H,13,14). The highest BCUT2D eigenvalue weighted by Gasteiger charge is 2.23. The Morgan fingerprint density at radius 1 is 1.59 bits per heavy atom. The number of amides is 1. The molecule has 1 N–H and O–H groups in total. The Kier molecular flexibility index (Phi) is 5.52. The highest BCUT2D eigenvalue weighted by Crippen LogP contribution is 2.10. The van der Waals surface area contributed by atoms with Crippen LogP contribution in [0, 0.1) is 0 Å². The maximum Gasteiger partial charge on any atom is 0.328 e. The van der Waals surface area contributed by atoms with Crippen molar-refractivity contribution in [3.63, 3.8) is 0 Å². The highest BCUT2D eigenvalue weighted by molar-refractivity contribution is 5.94. The maximum absolute atomic E-state index is 11.8. The molecule has 1 rings (SSSR count). The fraction of sp³-hybridized carbons (Fsp3) is 0.667. The molecule has 0 radical (unpaired) electrons. The Balaban J connectivity index is 2.56. The zero-order valence-corrected chi connectivity index (χ0v) is 10.3. The van der Waals surface area contributed by atoms with Crippen LogP contribution in [0.2, 0.25) is 0 Å². The van der Waals surface area contributed by atoms with E-state index in [9.17, 15) is 9.59 Å². The Morgan fingerprint density at radius 3 is 2.88 bits per heavy atom. The van der Waals surface area contributed by atoms with Crippen LogP contribution < -0.4 is 5.32 Å². The van der Waals surface area contributed by atoms with Gasteiger partial charge in [-0.25, -0.2) is 4.79 Å². The molecule has 0 aromatic rings. The summed E-state index contributed by atoms with van der Waals surface area (Å²) < 4.78 is 9.87. The number of ether oxygens (including phenoxy) is 2. The van der Waals surface area contributed by atoms with Crippen molar-refractivity contribution in [3.8, 4) is 0 Å².